The molecule has 162 valence electrons. The third-order valence-corrected chi connectivity index (χ3v) is 5.58. The Morgan fingerprint density at radius 2 is 1.77 bits per heavy atom. The molecule has 1 atom stereocenters. The minimum Gasteiger partial charge on any atom is -0.379 e. The lowest BCUT2D eigenvalue weighted by Crippen LogP contribution is -2.39. The van der Waals surface area contributed by atoms with Crippen LogP contribution in [0.3, 0.4) is 0 Å². The summed E-state index contributed by atoms with van der Waals surface area (Å²) in [5.74, 6) is 0.786. The number of nitrogens with zero attached hydrogens (tertiary/aromatic N) is 3. The molecule has 0 bridgehead atoms. The van der Waals surface area contributed by atoms with Gasteiger partial charge in [-0.25, -0.2) is 9.78 Å². The van der Waals surface area contributed by atoms with Crippen LogP contribution in [0.15, 0.2) is 67.0 Å². The van der Waals surface area contributed by atoms with Gasteiger partial charge in [-0.1, -0.05) is 54.6 Å². The molecule has 4 rings (SSSR count). The van der Waals surface area contributed by atoms with Gasteiger partial charge in [-0.2, -0.15) is 0 Å². The van der Waals surface area contributed by atoms with Gasteiger partial charge in [0.1, 0.15) is 11.9 Å². The summed E-state index contributed by atoms with van der Waals surface area (Å²) >= 11 is 0. The smallest absolute Gasteiger partial charge is 0.315 e. The fraction of sp³-hybridized carbons (Fsp3) is 0.333. The molecule has 1 aliphatic rings. The average Bonchev–Trinajstić information content (AvgIpc) is 3.23. The summed E-state index contributed by atoms with van der Waals surface area (Å²) in [6.07, 6.45) is 3.62. The number of rotatable bonds is 7. The number of amides is 2. The zero-order valence-corrected chi connectivity index (χ0v) is 17.8. The molecule has 2 heterocycles. The number of aromatic nitrogens is 2. The number of urea groups is 1. The van der Waals surface area contributed by atoms with E-state index in [4.69, 9.17) is 4.74 Å². The molecule has 3 aromatic rings. The van der Waals surface area contributed by atoms with Crippen LogP contribution in [0.4, 0.5) is 4.79 Å². The van der Waals surface area contributed by atoms with Gasteiger partial charge in [0.25, 0.3) is 0 Å². The molecule has 1 aliphatic heterocycles. The molecular formula is C24H29N5O2. The van der Waals surface area contributed by atoms with Gasteiger partial charge in [0, 0.05) is 45.6 Å². The van der Waals surface area contributed by atoms with Crippen LogP contribution < -0.4 is 10.6 Å². The van der Waals surface area contributed by atoms with Crippen LogP contribution in [-0.4, -0.2) is 46.8 Å². The van der Waals surface area contributed by atoms with E-state index in [1.165, 1.54) is 5.56 Å². The quantitative estimate of drug-likeness (QED) is 0.618. The van der Waals surface area contributed by atoms with Crippen molar-refractivity contribution in [3.8, 4) is 0 Å². The van der Waals surface area contributed by atoms with E-state index in [2.05, 4.69) is 32.7 Å². The predicted octanol–water partition coefficient (Wildman–Crippen LogP) is 2.84. The predicted molar refractivity (Wildman–Crippen MR) is 119 cm³/mol. The Bertz CT molecular complexity index is 982. The van der Waals surface area contributed by atoms with E-state index in [9.17, 15) is 4.79 Å². The maximum Gasteiger partial charge on any atom is 0.315 e. The Hall–Kier alpha value is -3.16. The van der Waals surface area contributed by atoms with Crippen LogP contribution in [0.1, 0.15) is 28.6 Å². The Balaban J connectivity index is 1.42. The molecule has 0 saturated carbocycles. The Kier molecular flexibility index (Phi) is 6.96. The average molecular weight is 420 g/mol. The topological polar surface area (TPSA) is 71.4 Å². The number of aryl methyl sites for hydroxylation is 1. The second-order valence-corrected chi connectivity index (χ2v) is 7.72. The highest BCUT2D eigenvalue weighted by Gasteiger charge is 2.20. The van der Waals surface area contributed by atoms with Crippen LogP contribution >= 0.6 is 0 Å². The second kappa shape index (κ2) is 10.2. The highest BCUT2D eigenvalue weighted by atomic mass is 16.5. The largest absolute Gasteiger partial charge is 0.379 e. The Morgan fingerprint density at radius 3 is 2.48 bits per heavy atom. The lowest BCUT2D eigenvalue weighted by molar-refractivity contribution is 0.0341. The van der Waals surface area contributed by atoms with Crippen LogP contribution in [0.2, 0.25) is 0 Å². The summed E-state index contributed by atoms with van der Waals surface area (Å²) in [7, 11) is 1.93. The SMILES string of the molecule is Cn1ccnc1[C@H](NC(=O)NCc1ccccc1CN1CCOCC1)c1ccccc1. The van der Waals surface area contributed by atoms with Gasteiger partial charge in [0.2, 0.25) is 0 Å². The molecule has 1 fully saturated rings. The lowest BCUT2D eigenvalue weighted by Gasteiger charge is -2.27. The molecule has 1 saturated heterocycles. The number of morpholine rings is 1. The molecule has 0 aliphatic carbocycles. The fourth-order valence-corrected chi connectivity index (χ4v) is 3.84. The lowest BCUT2D eigenvalue weighted by atomic mass is 10.1. The third kappa shape index (κ3) is 5.51. The maximum atomic E-state index is 12.8. The van der Waals surface area contributed by atoms with Crippen LogP contribution in [0.5, 0.6) is 0 Å². The first kappa shape index (κ1) is 21.1. The third-order valence-electron chi connectivity index (χ3n) is 5.58. The van der Waals surface area contributed by atoms with Gasteiger partial charge in [-0.05, 0) is 16.7 Å². The number of benzene rings is 2. The monoisotopic (exact) mass is 419 g/mol. The molecule has 7 heteroatoms. The van der Waals surface area contributed by atoms with Crippen molar-refractivity contribution in [3.05, 3.63) is 89.5 Å². The van der Waals surface area contributed by atoms with E-state index < -0.39 is 0 Å². The summed E-state index contributed by atoms with van der Waals surface area (Å²) in [5, 5.41) is 6.12. The van der Waals surface area contributed by atoms with Crippen LogP contribution in [0.25, 0.3) is 0 Å². The number of hydrogen-bond acceptors (Lipinski definition) is 4. The Morgan fingerprint density at radius 1 is 1.06 bits per heavy atom. The van der Waals surface area contributed by atoms with E-state index in [1.807, 2.05) is 60.3 Å². The minimum atomic E-state index is -0.329. The highest BCUT2D eigenvalue weighted by Crippen LogP contribution is 2.20. The molecule has 2 N–H and O–H groups in total. The van der Waals surface area contributed by atoms with Crippen molar-refractivity contribution < 1.29 is 9.53 Å². The number of nitrogens with one attached hydrogen (secondary N) is 2. The summed E-state index contributed by atoms with van der Waals surface area (Å²) in [6, 6.07) is 17.6. The van der Waals surface area contributed by atoms with E-state index in [1.54, 1.807) is 6.20 Å². The first-order chi connectivity index (χ1) is 15.2. The van der Waals surface area contributed by atoms with Gasteiger partial charge in [0.05, 0.1) is 13.2 Å². The first-order valence-electron chi connectivity index (χ1n) is 10.6. The number of carbonyl (C=O) groups is 1. The molecule has 0 spiro atoms. The van der Waals surface area contributed by atoms with Crippen molar-refractivity contribution in [2.75, 3.05) is 26.3 Å². The standard InChI is InChI=1S/C24H29N5O2/c1-28-12-11-25-23(28)22(19-7-3-2-4-8-19)27-24(30)26-17-20-9-5-6-10-21(20)18-29-13-15-31-16-14-29/h2-12,22H,13-18H2,1H3,(H2,26,27,30)/t22-/m1/s1. The highest BCUT2D eigenvalue weighted by molar-refractivity contribution is 5.75. The van der Waals surface area contributed by atoms with E-state index in [-0.39, 0.29) is 12.1 Å². The first-order valence-corrected chi connectivity index (χ1v) is 10.6. The van der Waals surface area contributed by atoms with Gasteiger partial charge in [-0.3, -0.25) is 4.90 Å². The van der Waals surface area contributed by atoms with Crippen LogP contribution in [0, 0.1) is 0 Å². The summed E-state index contributed by atoms with van der Waals surface area (Å²) < 4.78 is 7.37. The maximum absolute atomic E-state index is 12.8. The van der Waals surface area contributed by atoms with Crippen molar-refractivity contribution >= 4 is 6.03 Å². The number of ether oxygens (including phenoxy) is 1. The van der Waals surface area contributed by atoms with Crippen molar-refractivity contribution in [2.24, 2.45) is 7.05 Å². The molecule has 1 aromatic heterocycles. The molecule has 2 aromatic carbocycles. The minimum absolute atomic E-state index is 0.224. The van der Waals surface area contributed by atoms with Crippen LogP contribution in [-0.2, 0) is 24.9 Å². The molecule has 0 unspecified atom stereocenters. The van der Waals surface area contributed by atoms with Crippen molar-refractivity contribution in [3.63, 3.8) is 0 Å². The normalized spacial score (nSPS) is 15.4. The van der Waals surface area contributed by atoms with E-state index in [0.29, 0.717) is 6.54 Å². The number of imidazole rings is 1. The van der Waals surface area contributed by atoms with E-state index in [0.717, 1.165) is 49.8 Å². The number of hydrogen-bond donors (Lipinski definition) is 2. The molecule has 2 amide bonds. The van der Waals surface area contributed by atoms with Crippen molar-refractivity contribution in [1.29, 1.82) is 0 Å². The van der Waals surface area contributed by atoms with Crippen molar-refractivity contribution in [1.82, 2.24) is 25.1 Å². The zero-order valence-electron chi connectivity index (χ0n) is 17.8. The molecule has 31 heavy (non-hydrogen) atoms. The number of carbonyl (C=O) groups excluding carboxylic acids is 1. The zero-order chi connectivity index (χ0) is 21.5. The summed E-state index contributed by atoms with van der Waals surface area (Å²) in [6.45, 7) is 4.75. The van der Waals surface area contributed by atoms with Gasteiger partial charge >= 0.3 is 6.03 Å². The van der Waals surface area contributed by atoms with Gasteiger partial charge < -0.3 is 19.9 Å². The van der Waals surface area contributed by atoms with Gasteiger partial charge in [-0.15, -0.1) is 0 Å². The fourth-order valence-electron chi connectivity index (χ4n) is 3.84. The summed E-state index contributed by atoms with van der Waals surface area (Å²) in [5.41, 5.74) is 3.34. The van der Waals surface area contributed by atoms with Gasteiger partial charge in [0.15, 0.2) is 0 Å². The second-order valence-electron chi connectivity index (χ2n) is 7.72. The summed E-state index contributed by atoms with van der Waals surface area (Å²) in [4.78, 5) is 19.7. The van der Waals surface area contributed by atoms with E-state index >= 15 is 0 Å². The molecule has 7 nitrogen and oxygen atoms in total. The molecule has 0 radical (unpaired) electrons. The van der Waals surface area contributed by atoms with Crippen molar-refractivity contribution in [2.45, 2.75) is 19.1 Å². The Labute approximate surface area is 183 Å². The molecular weight excluding hydrogens is 390 g/mol.